The Balaban J connectivity index is 1.26. The van der Waals surface area contributed by atoms with Crippen LogP contribution in [0.4, 0.5) is 5.69 Å². The molecule has 1 amide bonds. The van der Waals surface area contributed by atoms with Crippen LogP contribution in [-0.4, -0.2) is 16.0 Å². The quantitative estimate of drug-likeness (QED) is 0.753. The van der Waals surface area contributed by atoms with Crippen molar-refractivity contribution in [2.75, 3.05) is 5.32 Å². The Bertz CT molecular complexity index is 975. The van der Waals surface area contributed by atoms with Gasteiger partial charge in [-0.15, -0.1) is 0 Å². The predicted octanol–water partition coefficient (Wildman–Crippen LogP) is 4.14. The highest BCUT2D eigenvalue weighted by atomic mass is 16.5. The zero-order valence-corrected chi connectivity index (χ0v) is 14.6. The molecule has 5 rings (SSSR count). The van der Waals surface area contributed by atoms with E-state index in [9.17, 15) is 4.79 Å². The van der Waals surface area contributed by atoms with Gasteiger partial charge in [-0.25, -0.2) is 0 Å². The molecule has 0 radical (unpaired) electrons. The van der Waals surface area contributed by atoms with Gasteiger partial charge in [0.15, 0.2) is 5.82 Å². The second-order valence-electron chi connectivity index (χ2n) is 7.69. The highest BCUT2D eigenvalue weighted by Crippen LogP contribution is 2.64. The summed E-state index contributed by atoms with van der Waals surface area (Å²) in [7, 11) is 0. The molecule has 2 aliphatic rings. The highest BCUT2D eigenvalue weighted by molar-refractivity contribution is 6.02. The van der Waals surface area contributed by atoms with Crippen LogP contribution in [0.3, 0.4) is 0 Å². The topological polar surface area (TPSA) is 68.0 Å². The molecule has 132 valence electrons. The molecule has 2 unspecified atom stereocenters. The van der Waals surface area contributed by atoms with Gasteiger partial charge in [0.2, 0.25) is 11.8 Å². The molecule has 0 spiro atoms. The summed E-state index contributed by atoms with van der Waals surface area (Å²) in [4.78, 5) is 16.9. The lowest BCUT2D eigenvalue weighted by atomic mass is 9.99. The fraction of sp³-hybridized carbons (Fsp3) is 0.381. The number of hydrogen-bond donors (Lipinski definition) is 1. The van der Waals surface area contributed by atoms with Crippen molar-refractivity contribution in [1.82, 2.24) is 10.1 Å². The Hall–Kier alpha value is -2.69. The number of aromatic nitrogens is 2. The third-order valence-electron chi connectivity index (χ3n) is 5.98. The number of nitrogens with zero attached hydrogens (tertiary/aromatic N) is 2. The zero-order valence-electron chi connectivity index (χ0n) is 14.6. The number of hydrogen-bond acceptors (Lipinski definition) is 4. The molecule has 5 heteroatoms. The van der Waals surface area contributed by atoms with Crippen LogP contribution in [0.25, 0.3) is 10.8 Å². The highest BCUT2D eigenvalue weighted by Gasteiger charge is 2.57. The first kappa shape index (κ1) is 15.6. The first-order valence-electron chi connectivity index (χ1n) is 9.31. The van der Waals surface area contributed by atoms with Gasteiger partial charge in [-0.2, -0.15) is 4.98 Å². The van der Waals surface area contributed by atoms with Gasteiger partial charge in [0.05, 0.1) is 6.42 Å². The van der Waals surface area contributed by atoms with Crippen LogP contribution in [-0.2, 0) is 17.6 Å². The molecule has 2 saturated carbocycles. The van der Waals surface area contributed by atoms with Crippen molar-refractivity contribution >= 4 is 22.4 Å². The van der Waals surface area contributed by atoms with Gasteiger partial charge in [-0.05, 0) is 42.0 Å². The number of rotatable bonds is 5. The number of nitrogens with one attached hydrogen (secondary N) is 1. The predicted molar refractivity (Wildman–Crippen MR) is 98.7 cm³/mol. The first-order valence-corrected chi connectivity index (χ1v) is 9.31. The Morgan fingerprint density at radius 3 is 2.96 bits per heavy atom. The standard InChI is InChI=1S/C21H21N3O2/c25-19(22-17-9-3-6-14-5-1-2-8-16(14)17)11-18-23-20(26-24-18)13-21-10-4-7-15(21)12-21/h1-3,5-6,8-9,15H,4,7,10-13H2,(H,22,25). The molecule has 1 heterocycles. The summed E-state index contributed by atoms with van der Waals surface area (Å²) >= 11 is 0. The summed E-state index contributed by atoms with van der Waals surface area (Å²) in [6.07, 6.45) is 6.23. The van der Waals surface area contributed by atoms with Crippen molar-refractivity contribution in [2.45, 2.75) is 38.5 Å². The molecule has 2 aliphatic carbocycles. The number of fused-ring (bicyclic) bond motifs is 2. The molecule has 0 saturated heterocycles. The van der Waals surface area contributed by atoms with E-state index >= 15 is 0 Å². The summed E-state index contributed by atoms with van der Waals surface area (Å²) in [6, 6.07) is 13.9. The Kier molecular flexibility index (Phi) is 3.55. The summed E-state index contributed by atoms with van der Waals surface area (Å²) in [5, 5.41) is 9.10. The van der Waals surface area contributed by atoms with Gasteiger partial charge >= 0.3 is 0 Å². The second-order valence-corrected chi connectivity index (χ2v) is 7.69. The van der Waals surface area contributed by atoms with Gasteiger partial charge in [0.1, 0.15) is 0 Å². The smallest absolute Gasteiger partial charge is 0.232 e. The minimum absolute atomic E-state index is 0.128. The molecule has 5 nitrogen and oxygen atoms in total. The molecular weight excluding hydrogens is 326 g/mol. The normalized spacial score (nSPS) is 23.8. The maximum Gasteiger partial charge on any atom is 0.232 e. The number of anilines is 1. The van der Waals surface area contributed by atoms with E-state index in [1.165, 1.54) is 25.7 Å². The lowest BCUT2D eigenvalue weighted by Gasteiger charge is -2.07. The van der Waals surface area contributed by atoms with Crippen molar-refractivity contribution in [3.8, 4) is 0 Å². The largest absolute Gasteiger partial charge is 0.339 e. The van der Waals surface area contributed by atoms with Crippen molar-refractivity contribution in [3.63, 3.8) is 0 Å². The van der Waals surface area contributed by atoms with Crippen molar-refractivity contribution in [1.29, 1.82) is 0 Å². The zero-order chi connectivity index (χ0) is 17.6. The molecule has 1 aromatic heterocycles. The molecule has 2 atom stereocenters. The van der Waals surface area contributed by atoms with E-state index in [1.807, 2.05) is 42.5 Å². The molecule has 1 N–H and O–H groups in total. The minimum atomic E-state index is -0.128. The lowest BCUT2D eigenvalue weighted by Crippen LogP contribution is -2.15. The summed E-state index contributed by atoms with van der Waals surface area (Å²) in [6.45, 7) is 0. The van der Waals surface area contributed by atoms with Crippen LogP contribution >= 0.6 is 0 Å². The lowest BCUT2D eigenvalue weighted by molar-refractivity contribution is -0.115. The van der Waals surface area contributed by atoms with Crippen molar-refractivity contribution in [3.05, 3.63) is 54.2 Å². The number of amides is 1. The fourth-order valence-electron chi connectivity index (χ4n) is 4.56. The van der Waals surface area contributed by atoms with E-state index in [2.05, 4.69) is 15.5 Å². The monoisotopic (exact) mass is 347 g/mol. The van der Waals surface area contributed by atoms with E-state index in [0.717, 1.165) is 28.8 Å². The molecule has 2 fully saturated rings. The SMILES string of the molecule is O=C(Cc1noc(CC23CCCC2C3)n1)Nc1cccc2ccccc12. The molecule has 2 aromatic carbocycles. The summed E-state index contributed by atoms with van der Waals surface area (Å²) in [5.41, 5.74) is 1.23. The van der Waals surface area contributed by atoms with Gasteiger partial charge in [0, 0.05) is 17.5 Å². The van der Waals surface area contributed by atoms with E-state index in [-0.39, 0.29) is 12.3 Å². The van der Waals surface area contributed by atoms with Gasteiger partial charge < -0.3 is 9.84 Å². The molecule has 3 aromatic rings. The molecule has 26 heavy (non-hydrogen) atoms. The van der Waals surface area contributed by atoms with Crippen LogP contribution in [0.15, 0.2) is 47.0 Å². The third kappa shape index (κ3) is 2.77. The first-order chi connectivity index (χ1) is 12.7. The Morgan fingerprint density at radius 2 is 2.12 bits per heavy atom. The average molecular weight is 347 g/mol. The number of benzene rings is 2. The van der Waals surface area contributed by atoms with E-state index in [4.69, 9.17) is 4.52 Å². The molecular formula is C21H21N3O2. The summed E-state index contributed by atoms with van der Waals surface area (Å²) < 4.78 is 5.40. The molecule has 0 bridgehead atoms. The van der Waals surface area contributed by atoms with Gasteiger partial charge in [-0.3, -0.25) is 4.79 Å². The van der Waals surface area contributed by atoms with Crippen molar-refractivity contribution in [2.24, 2.45) is 11.3 Å². The van der Waals surface area contributed by atoms with Crippen LogP contribution < -0.4 is 5.32 Å². The van der Waals surface area contributed by atoms with Gasteiger partial charge in [-0.1, -0.05) is 48.0 Å². The fourth-order valence-corrected chi connectivity index (χ4v) is 4.56. The van der Waals surface area contributed by atoms with Crippen LogP contribution in [0, 0.1) is 11.3 Å². The summed E-state index contributed by atoms with van der Waals surface area (Å²) in [5.74, 6) is 1.87. The van der Waals surface area contributed by atoms with E-state index in [1.54, 1.807) is 0 Å². The van der Waals surface area contributed by atoms with Crippen LogP contribution in [0.1, 0.15) is 37.4 Å². The number of carbonyl (C=O) groups is 1. The second kappa shape index (κ2) is 5.94. The Morgan fingerprint density at radius 1 is 1.23 bits per heavy atom. The van der Waals surface area contributed by atoms with E-state index in [0.29, 0.717) is 17.1 Å². The molecule has 0 aliphatic heterocycles. The van der Waals surface area contributed by atoms with Gasteiger partial charge in [0.25, 0.3) is 0 Å². The van der Waals surface area contributed by atoms with E-state index < -0.39 is 0 Å². The third-order valence-corrected chi connectivity index (χ3v) is 5.98. The minimum Gasteiger partial charge on any atom is -0.339 e. The van der Waals surface area contributed by atoms with Crippen LogP contribution in [0.2, 0.25) is 0 Å². The average Bonchev–Trinajstić information content (AvgIpc) is 2.95. The Labute approximate surface area is 151 Å². The van der Waals surface area contributed by atoms with Crippen molar-refractivity contribution < 1.29 is 9.32 Å². The van der Waals surface area contributed by atoms with Crippen LogP contribution in [0.5, 0.6) is 0 Å². The maximum absolute atomic E-state index is 12.4. The maximum atomic E-state index is 12.4. The number of carbonyl (C=O) groups excluding carboxylic acids is 1.